The number of benzene rings is 1. The minimum Gasteiger partial charge on any atom is -0.324 e. The van der Waals surface area contributed by atoms with Crippen LogP contribution in [0.1, 0.15) is 30.1 Å². The predicted octanol–water partition coefficient (Wildman–Crippen LogP) is 5.82. The molecule has 6 nitrogen and oxygen atoms in total. The number of alkyl halides is 3. The lowest BCUT2D eigenvalue weighted by Crippen LogP contribution is -2.37. The molecule has 34 heavy (non-hydrogen) atoms. The zero-order valence-electron chi connectivity index (χ0n) is 19.3. The van der Waals surface area contributed by atoms with Crippen LogP contribution in [0.4, 0.5) is 24.8 Å². The van der Waals surface area contributed by atoms with Crippen molar-refractivity contribution in [3.8, 4) is 10.4 Å². The highest BCUT2D eigenvalue weighted by Crippen LogP contribution is 2.60. The van der Waals surface area contributed by atoms with Gasteiger partial charge in [0.25, 0.3) is 0 Å². The molecule has 182 valence electrons. The van der Waals surface area contributed by atoms with Crippen molar-refractivity contribution in [2.45, 2.75) is 39.2 Å². The van der Waals surface area contributed by atoms with Crippen LogP contribution in [0.25, 0.3) is 10.4 Å². The zero-order valence-corrected chi connectivity index (χ0v) is 21.0. The van der Waals surface area contributed by atoms with Gasteiger partial charge in [0.1, 0.15) is 18.2 Å². The van der Waals surface area contributed by atoms with E-state index in [0.717, 1.165) is 65.2 Å². The van der Waals surface area contributed by atoms with Gasteiger partial charge in [0.2, 0.25) is 5.95 Å². The molecule has 0 unspecified atom stereocenters. The maximum atomic E-state index is 13.0. The SMILES string of the molecule is Cc1cc(Nc2nccc(C(F)(F)F)n2)cc(-c2cnc(CN3CC[P+](O)(C(C)C)CC3)s2)c1. The number of nitrogens with zero attached hydrogens (tertiary/aromatic N) is 4. The van der Waals surface area contributed by atoms with Crippen LogP contribution in [0.3, 0.4) is 0 Å². The Balaban J connectivity index is 1.46. The number of halogens is 3. The van der Waals surface area contributed by atoms with Crippen LogP contribution >= 0.6 is 18.8 Å². The highest BCUT2D eigenvalue weighted by atomic mass is 32.1. The van der Waals surface area contributed by atoms with Gasteiger partial charge in [-0.2, -0.15) is 13.2 Å². The number of anilines is 2. The molecular formula is C23H28F3N5OPS+. The minimum absolute atomic E-state index is 0.106. The molecule has 0 aliphatic carbocycles. The van der Waals surface area contributed by atoms with Crippen LogP contribution < -0.4 is 5.32 Å². The van der Waals surface area contributed by atoms with Crippen LogP contribution in [-0.4, -0.2) is 55.8 Å². The van der Waals surface area contributed by atoms with Crippen molar-refractivity contribution in [1.82, 2.24) is 19.9 Å². The largest absolute Gasteiger partial charge is 0.433 e. The van der Waals surface area contributed by atoms with E-state index in [1.54, 1.807) is 11.3 Å². The molecule has 0 saturated carbocycles. The molecule has 11 heteroatoms. The molecule has 4 rings (SSSR count). The summed E-state index contributed by atoms with van der Waals surface area (Å²) in [5, 5.41) is 3.89. The molecule has 2 N–H and O–H groups in total. The van der Waals surface area contributed by atoms with E-state index in [2.05, 4.69) is 39.0 Å². The highest BCUT2D eigenvalue weighted by Gasteiger charge is 2.42. The van der Waals surface area contributed by atoms with Crippen LogP contribution in [-0.2, 0) is 12.7 Å². The van der Waals surface area contributed by atoms with Gasteiger partial charge in [-0.3, -0.25) is 9.79 Å². The van der Waals surface area contributed by atoms with E-state index in [0.29, 0.717) is 11.3 Å². The van der Waals surface area contributed by atoms with E-state index < -0.39 is 19.4 Å². The summed E-state index contributed by atoms with van der Waals surface area (Å²) in [6.07, 6.45) is 0.135. The standard InChI is InChI=1S/C23H28F3N5OPS/c1-15(2)33(32)8-6-31(7-9-33)14-21-28-13-19(34-21)17-10-16(3)11-18(12-17)29-22-27-5-4-20(30-22)23(24,25)26/h4-5,10-13,15,32H,6-9,14H2,1-3H3,(H,27,29,30)/q+1. The smallest absolute Gasteiger partial charge is 0.324 e. The molecular weight excluding hydrogens is 482 g/mol. The Hall–Kier alpha value is -2.13. The summed E-state index contributed by atoms with van der Waals surface area (Å²) >= 11 is 1.60. The Bertz CT molecular complexity index is 1150. The number of nitrogens with one attached hydrogen (secondary N) is 1. The molecule has 1 fully saturated rings. The van der Waals surface area contributed by atoms with Gasteiger partial charge < -0.3 is 5.32 Å². The predicted molar refractivity (Wildman–Crippen MR) is 132 cm³/mol. The molecule has 0 atom stereocenters. The number of hydrogen-bond donors (Lipinski definition) is 2. The van der Waals surface area contributed by atoms with Crippen molar-refractivity contribution in [2.24, 2.45) is 0 Å². The van der Waals surface area contributed by atoms with E-state index >= 15 is 0 Å². The molecule has 2 aromatic heterocycles. The highest BCUT2D eigenvalue weighted by molar-refractivity contribution is 7.71. The number of rotatable bonds is 6. The summed E-state index contributed by atoms with van der Waals surface area (Å²) in [5.41, 5.74) is 1.85. The molecule has 0 amide bonds. The van der Waals surface area contributed by atoms with E-state index in [-0.39, 0.29) is 5.95 Å². The second-order valence-corrected chi connectivity index (χ2v) is 13.9. The molecule has 3 heterocycles. The van der Waals surface area contributed by atoms with E-state index in [1.165, 1.54) is 0 Å². The third-order valence-electron chi connectivity index (χ3n) is 6.04. The lowest BCUT2D eigenvalue weighted by molar-refractivity contribution is -0.141. The molecule has 1 aromatic carbocycles. The first-order chi connectivity index (χ1) is 16.0. The monoisotopic (exact) mass is 510 g/mol. The van der Waals surface area contributed by atoms with E-state index in [9.17, 15) is 18.1 Å². The lowest BCUT2D eigenvalue weighted by Gasteiger charge is -2.33. The third-order valence-corrected chi connectivity index (χ3v) is 10.9. The number of aryl methyl sites for hydroxylation is 1. The molecule has 1 aliphatic rings. The van der Waals surface area contributed by atoms with Crippen molar-refractivity contribution >= 4 is 30.5 Å². The first kappa shape index (κ1) is 25.0. The topological polar surface area (TPSA) is 74.2 Å². The van der Waals surface area contributed by atoms with Crippen LogP contribution in [0.15, 0.2) is 36.7 Å². The van der Waals surface area contributed by atoms with Crippen molar-refractivity contribution in [1.29, 1.82) is 0 Å². The summed E-state index contributed by atoms with van der Waals surface area (Å²) in [6, 6.07) is 6.56. The van der Waals surface area contributed by atoms with Crippen molar-refractivity contribution in [3.63, 3.8) is 0 Å². The summed E-state index contributed by atoms with van der Waals surface area (Å²) in [5.74, 6) is -0.106. The van der Waals surface area contributed by atoms with Crippen molar-refractivity contribution in [2.75, 3.05) is 30.7 Å². The summed E-state index contributed by atoms with van der Waals surface area (Å²) < 4.78 is 38.9. The molecule has 3 aromatic rings. The third kappa shape index (κ3) is 5.92. The molecule has 1 saturated heterocycles. The Labute approximate surface area is 201 Å². The fraction of sp³-hybridized carbons (Fsp3) is 0.435. The lowest BCUT2D eigenvalue weighted by atomic mass is 10.1. The van der Waals surface area contributed by atoms with E-state index in [1.807, 2.05) is 31.3 Å². The molecule has 0 radical (unpaired) electrons. The summed E-state index contributed by atoms with van der Waals surface area (Å²) in [7, 11) is -1.81. The Kier molecular flexibility index (Phi) is 7.24. The first-order valence-electron chi connectivity index (χ1n) is 11.1. The van der Waals surface area contributed by atoms with Gasteiger partial charge >= 0.3 is 6.18 Å². The van der Waals surface area contributed by atoms with Crippen LogP contribution in [0.2, 0.25) is 0 Å². The minimum atomic E-state index is -4.53. The van der Waals surface area contributed by atoms with Gasteiger partial charge in [0, 0.05) is 31.2 Å². The van der Waals surface area contributed by atoms with Crippen LogP contribution in [0.5, 0.6) is 0 Å². The quantitative estimate of drug-likeness (QED) is 0.407. The van der Waals surface area contributed by atoms with Crippen molar-refractivity contribution in [3.05, 3.63) is 52.9 Å². The normalized spacial score (nSPS) is 16.7. The van der Waals surface area contributed by atoms with Crippen molar-refractivity contribution < 1.29 is 18.1 Å². The number of thiazole rings is 1. The summed E-state index contributed by atoms with van der Waals surface area (Å²) in [6.45, 7) is 8.66. The van der Waals surface area contributed by atoms with Gasteiger partial charge in [-0.15, -0.1) is 11.3 Å². The Morgan fingerprint density at radius 2 is 1.91 bits per heavy atom. The second-order valence-electron chi connectivity index (χ2n) is 8.90. The maximum Gasteiger partial charge on any atom is 0.433 e. The first-order valence-corrected chi connectivity index (χ1v) is 14.1. The van der Waals surface area contributed by atoms with E-state index in [4.69, 9.17) is 0 Å². The fourth-order valence-corrected chi connectivity index (χ4v) is 7.40. The zero-order chi connectivity index (χ0) is 24.5. The van der Waals surface area contributed by atoms with Gasteiger partial charge in [0.15, 0.2) is 0 Å². The second kappa shape index (κ2) is 9.85. The molecule has 1 aliphatic heterocycles. The summed E-state index contributed by atoms with van der Waals surface area (Å²) in [4.78, 5) is 26.2. The average Bonchev–Trinajstić information content (AvgIpc) is 3.23. The van der Waals surface area contributed by atoms with Gasteiger partial charge in [0.05, 0.1) is 29.4 Å². The molecule has 0 bridgehead atoms. The maximum absolute atomic E-state index is 13.0. The number of aromatic nitrogens is 3. The fourth-order valence-electron chi connectivity index (χ4n) is 3.94. The van der Waals surface area contributed by atoms with Gasteiger partial charge in [-0.1, -0.05) is 6.07 Å². The molecule has 0 spiro atoms. The Morgan fingerprint density at radius 3 is 2.59 bits per heavy atom. The van der Waals surface area contributed by atoms with Gasteiger partial charge in [-0.25, -0.2) is 15.0 Å². The Morgan fingerprint density at radius 1 is 1.18 bits per heavy atom. The number of hydrogen-bond acceptors (Lipinski definition) is 7. The van der Waals surface area contributed by atoms with Crippen LogP contribution in [0, 0.1) is 6.92 Å². The van der Waals surface area contributed by atoms with Gasteiger partial charge in [-0.05, 0) is 50.1 Å². The average molecular weight is 511 g/mol.